The van der Waals surface area contributed by atoms with Crippen LogP contribution in [0.4, 0.5) is 0 Å². The van der Waals surface area contributed by atoms with Crippen molar-refractivity contribution >= 4 is 23.8 Å². The summed E-state index contributed by atoms with van der Waals surface area (Å²) in [5, 5.41) is 0. The average molecular weight is 235 g/mol. The van der Waals surface area contributed by atoms with Crippen LogP contribution in [0.5, 0.6) is 0 Å². The van der Waals surface area contributed by atoms with Crippen molar-refractivity contribution in [2.75, 3.05) is 5.75 Å². The molecule has 0 radical (unpaired) electrons. The van der Waals surface area contributed by atoms with E-state index in [4.69, 9.17) is 0 Å². The lowest BCUT2D eigenvalue weighted by Gasteiger charge is -2.11. The van der Waals surface area contributed by atoms with E-state index >= 15 is 0 Å². The van der Waals surface area contributed by atoms with Gasteiger partial charge in [-0.2, -0.15) is 0 Å². The molecule has 0 fully saturated rings. The van der Waals surface area contributed by atoms with Gasteiger partial charge in [0.05, 0.1) is 11.1 Å². The van der Waals surface area contributed by atoms with Crippen LogP contribution >= 0.6 is 11.9 Å². The fraction of sp³-hybridized carbons (Fsp3) is 0.333. The number of hydrogen-bond acceptors (Lipinski definition) is 3. The molecule has 1 heterocycles. The van der Waals surface area contributed by atoms with Crippen LogP contribution in [0.2, 0.25) is 0 Å². The Labute approximate surface area is 99.0 Å². The highest BCUT2D eigenvalue weighted by atomic mass is 32.2. The molecule has 1 aromatic rings. The zero-order valence-corrected chi connectivity index (χ0v) is 9.92. The van der Waals surface area contributed by atoms with Gasteiger partial charge in [-0.1, -0.05) is 25.5 Å². The first-order valence-electron chi connectivity index (χ1n) is 5.36. The molecule has 16 heavy (non-hydrogen) atoms. The number of unbranched alkanes of at least 4 members (excludes halogenated alkanes) is 1. The first-order chi connectivity index (χ1) is 7.75. The number of imide groups is 1. The van der Waals surface area contributed by atoms with Gasteiger partial charge in [-0.3, -0.25) is 9.59 Å². The number of benzene rings is 1. The van der Waals surface area contributed by atoms with Gasteiger partial charge >= 0.3 is 0 Å². The Morgan fingerprint density at radius 2 is 1.69 bits per heavy atom. The molecule has 0 bridgehead atoms. The van der Waals surface area contributed by atoms with Gasteiger partial charge in [-0.05, 0) is 30.5 Å². The lowest BCUT2D eigenvalue weighted by Crippen LogP contribution is -2.22. The van der Waals surface area contributed by atoms with E-state index in [1.807, 2.05) is 0 Å². The number of fused-ring (bicyclic) bond motifs is 1. The number of carbonyl (C=O) groups excluding carboxylic acids is 2. The van der Waals surface area contributed by atoms with E-state index in [9.17, 15) is 9.59 Å². The Hall–Kier alpha value is -1.29. The number of amides is 2. The first-order valence-corrected chi connectivity index (χ1v) is 6.30. The van der Waals surface area contributed by atoms with Crippen molar-refractivity contribution in [2.45, 2.75) is 19.8 Å². The fourth-order valence-corrected chi connectivity index (χ4v) is 2.62. The summed E-state index contributed by atoms with van der Waals surface area (Å²) in [6.45, 7) is 2.09. The molecule has 1 aliphatic rings. The summed E-state index contributed by atoms with van der Waals surface area (Å²) in [7, 11) is 0. The number of rotatable bonds is 4. The van der Waals surface area contributed by atoms with Crippen LogP contribution in [0.3, 0.4) is 0 Å². The normalized spacial score (nSPS) is 14.4. The number of nitrogens with zero attached hydrogens (tertiary/aromatic N) is 1. The highest BCUT2D eigenvalue weighted by Gasteiger charge is 2.35. The van der Waals surface area contributed by atoms with E-state index in [0.29, 0.717) is 11.1 Å². The number of hydrogen-bond donors (Lipinski definition) is 0. The highest BCUT2D eigenvalue weighted by Crippen LogP contribution is 2.28. The van der Waals surface area contributed by atoms with Crippen LogP contribution in [0, 0.1) is 0 Å². The summed E-state index contributed by atoms with van der Waals surface area (Å²) in [6, 6.07) is 6.97. The predicted octanol–water partition coefficient (Wildman–Crippen LogP) is 2.73. The van der Waals surface area contributed by atoms with E-state index in [1.54, 1.807) is 24.3 Å². The highest BCUT2D eigenvalue weighted by molar-refractivity contribution is 7.98. The second-order valence-corrected chi connectivity index (χ2v) is 4.67. The molecule has 0 spiro atoms. The third-order valence-corrected chi connectivity index (χ3v) is 3.54. The average Bonchev–Trinajstić information content (AvgIpc) is 2.55. The summed E-state index contributed by atoms with van der Waals surface area (Å²) in [5.74, 6) is 0.450. The fourth-order valence-electron chi connectivity index (χ4n) is 1.58. The van der Waals surface area contributed by atoms with E-state index < -0.39 is 0 Å². The van der Waals surface area contributed by atoms with Gasteiger partial charge in [-0.15, -0.1) is 0 Å². The van der Waals surface area contributed by atoms with Crippen molar-refractivity contribution in [3.05, 3.63) is 35.4 Å². The molecule has 0 saturated heterocycles. The molecular weight excluding hydrogens is 222 g/mol. The Kier molecular flexibility index (Phi) is 3.29. The van der Waals surface area contributed by atoms with Crippen molar-refractivity contribution in [2.24, 2.45) is 0 Å². The lowest BCUT2D eigenvalue weighted by molar-refractivity contribution is 0.0777. The summed E-state index contributed by atoms with van der Waals surface area (Å²) in [5.41, 5.74) is 1.05. The Balaban J connectivity index is 2.15. The Morgan fingerprint density at radius 3 is 2.19 bits per heavy atom. The summed E-state index contributed by atoms with van der Waals surface area (Å²) >= 11 is 1.32. The molecule has 2 rings (SSSR count). The molecule has 2 amide bonds. The van der Waals surface area contributed by atoms with Gasteiger partial charge in [0, 0.05) is 5.75 Å². The van der Waals surface area contributed by atoms with Crippen molar-refractivity contribution < 1.29 is 9.59 Å². The first kappa shape index (κ1) is 11.2. The monoisotopic (exact) mass is 235 g/mol. The SMILES string of the molecule is CCCCSN1C(=O)c2ccccc2C1=O. The maximum atomic E-state index is 11.9. The van der Waals surface area contributed by atoms with E-state index in [-0.39, 0.29) is 11.8 Å². The molecular formula is C12H13NO2S. The van der Waals surface area contributed by atoms with Crippen LogP contribution < -0.4 is 0 Å². The van der Waals surface area contributed by atoms with E-state index in [0.717, 1.165) is 18.6 Å². The molecule has 4 heteroatoms. The van der Waals surface area contributed by atoms with Gasteiger partial charge in [0.15, 0.2) is 0 Å². The van der Waals surface area contributed by atoms with Crippen LogP contribution in [-0.2, 0) is 0 Å². The second-order valence-electron chi connectivity index (χ2n) is 3.64. The van der Waals surface area contributed by atoms with Gasteiger partial charge in [0.1, 0.15) is 0 Å². The maximum Gasteiger partial charge on any atom is 0.271 e. The summed E-state index contributed by atoms with van der Waals surface area (Å²) in [4.78, 5) is 23.8. The molecule has 3 nitrogen and oxygen atoms in total. The standard InChI is InChI=1S/C12H13NO2S/c1-2-3-8-16-13-11(14)9-6-4-5-7-10(9)12(13)15/h4-7H,2-3,8H2,1H3. The quantitative estimate of drug-likeness (QED) is 0.457. The molecule has 1 aromatic carbocycles. The van der Waals surface area contributed by atoms with Crippen LogP contribution in [-0.4, -0.2) is 21.9 Å². The largest absolute Gasteiger partial charge is 0.271 e. The molecule has 0 unspecified atom stereocenters. The molecule has 0 atom stereocenters. The van der Waals surface area contributed by atoms with Crippen LogP contribution in [0.25, 0.3) is 0 Å². The van der Waals surface area contributed by atoms with Crippen molar-refractivity contribution in [3.8, 4) is 0 Å². The number of carbonyl (C=O) groups is 2. The van der Waals surface area contributed by atoms with Gasteiger partial charge < -0.3 is 0 Å². The third-order valence-electron chi connectivity index (χ3n) is 2.48. The zero-order chi connectivity index (χ0) is 11.5. The van der Waals surface area contributed by atoms with E-state index in [1.165, 1.54) is 16.3 Å². The predicted molar refractivity (Wildman–Crippen MR) is 64.3 cm³/mol. The minimum atomic E-state index is -0.179. The van der Waals surface area contributed by atoms with Gasteiger partial charge in [-0.25, -0.2) is 4.31 Å². The van der Waals surface area contributed by atoms with Crippen molar-refractivity contribution in [3.63, 3.8) is 0 Å². The summed E-state index contributed by atoms with van der Waals surface area (Å²) < 4.78 is 1.28. The third kappa shape index (κ3) is 1.85. The maximum absolute atomic E-state index is 11.9. The molecule has 0 N–H and O–H groups in total. The lowest BCUT2D eigenvalue weighted by atomic mass is 10.1. The van der Waals surface area contributed by atoms with Crippen molar-refractivity contribution in [1.29, 1.82) is 0 Å². The zero-order valence-electron chi connectivity index (χ0n) is 9.10. The Bertz CT molecular complexity index is 396. The molecule has 0 aliphatic carbocycles. The van der Waals surface area contributed by atoms with E-state index in [2.05, 4.69) is 6.92 Å². The second kappa shape index (κ2) is 4.70. The minimum absolute atomic E-state index is 0.179. The topological polar surface area (TPSA) is 37.4 Å². The van der Waals surface area contributed by atoms with Crippen LogP contribution in [0.15, 0.2) is 24.3 Å². The van der Waals surface area contributed by atoms with Gasteiger partial charge in [0.2, 0.25) is 0 Å². The molecule has 0 aromatic heterocycles. The molecule has 84 valence electrons. The van der Waals surface area contributed by atoms with Crippen molar-refractivity contribution in [1.82, 2.24) is 4.31 Å². The minimum Gasteiger partial charge on any atom is -0.268 e. The van der Waals surface area contributed by atoms with Gasteiger partial charge in [0.25, 0.3) is 11.8 Å². The van der Waals surface area contributed by atoms with Crippen LogP contribution in [0.1, 0.15) is 40.5 Å². The Morgan fingerprint density at radius 1 is 1.12 bits per heavy atom. The summed E-state index contributed by atoms with van der Waals surface area (Å²) in [6.07, 6.45) is 2.08. The molecule has 1 aliphatic heterocycles. The molecule has 0 saturated carbocycles. The smallest absolute Gasteiger partial charge is 0.268 e.